The summed E-state index contributed by atoms with van der Waals surface area (Å²) in [7, 11) is 0. The molecule has 4 rings (SSSR count). The molecule has 0 fully saturated rings. The molecule has 15 heteroatoms. The van der Waals surface area contributed by atoms with E-state index in [1.165, 1.54) is 6.07 Å². The third-order valence-electron chi connectivity index (χ3n) is 5.19. The van der Waals surface area contributed by atoms with E-state index in [2.05, 4.69) is 35.6 Å². The van der Waals surface area contributed by atoms with Crippen molar-refractivity contribution in [1.82, 2.24) is 15.0 Å². The predicted molar refractivity (Wildman–Crippen MR) is 139 cm³/mol. The van der Waals surface area contributed by atoms with Crippen molar-refractivity contribution in [2.45, 2.75) is 18.9 Å². The first kappa shape index (κ1) is 29.4. The highest BCUT2D eigenvalue weighted by molar-refractivity contribution is 6.30. The van der Waals surface area contributed by atoms with Crippen LogP contribution in [0.3, 0.4) is 0 Å². The van der Waals surface area contributed by atoms with Crippen LogP contribution in [-0.4, -0.2) is 33.6 Å². The molecule has 3 aromatic carbocycles. The van der Waals surface area contributed by atoms with Crippen molar-refractivity contribution < 1.29 is 35.9 Å². The number of alkyl halides is 6. The van der Waals surface area contributed by atoms with Gasteiger partial charge in [-0.15, -0.1) is 0 Å². The molecule has 214 valence electrons. The minimum absolute atomic E-state index is 0.0602. The number of carbonyl (C=O) groups excluding carboxylic acids is 1. The second-order valence-electron chi connectivity index (χ2n) is 8.38. The third-order valence-corrected chi connectivity index (χ3v) is 5.45. The normalized spacial score (nSPS) is 11.6. The highest BCUT2D eigenvalue weighted by Gasteiger charge is 2.31. The van der Waals surface area contributed by atoms with Crippen molar-refractivity contribution in [3.05, 3.63) is 94.5 Å². The van der Waals surface area contributed by atoms with Gasteiger partial charge in [-0.3, -0.25) is 4.79 Å². The van der Waals surface area contributed by atoms with E-state index in [4.69, 9.17) is 11.6 Å². The quantitative estimate of drug-likeness (QED) is 0.177. The fourth-order valence-electron chi connectivity index (χ4n) is 3.30. The zero-order valence-electron chi connectivity index (χ0n) is 20.6. The lowest BCUT2D eigenvalue weighted by Crippen LogP contribution is -2.21. The Balaban J connectivity index is 1.46. The molecule has 1 amide bonds. The first-order chi connectivity index (χ1) is 19.3. The number of nitrogens with zero attached hydrogens (tertiary/aromatic N) is 3. The maximum Gasteiger partial charge on any atom is 0.422 e. The summed E-state index contributed by atoms with van der Waals surface area (Å²) in [4.78, 5) is 23.9. The highest BCUT2D eigenvalue weighted by atomic mass is 35.5. The monoisotopic (exact) mass is 596 g/mol. The van der Waals surface area contributed by atoms with Gasteiger partial charge < -0.3 is 20.7 Å². The van der Waals surface area contributed by atoms with Gasteiger partial charge in [-0.25, -0.2) is 0 Å². The van der Waals surface area contributed by atoms with E-state index in [1.807, 2.05) is 0 Å². The largest absolute Gasteiger partial charge is 0.454 e. The molecule has 0 atom stereocenters. The number of benzene rings is 3. The molecule has 8 nitrogen and oxygen atoms in total. The molecule has 0 aliphatic carbocycles. The molecule has 4 aromatic rings. The van der Waals surface area contributed by atoms with E-state index in [1.54, 1.807) is 48.5 Å². The number of rotatable bonds is 9. The number of anilines is 4. The molecule has 3 N–H and O–H groups in total. The van der Waals surface area contributed by atoms with Crippen LogP contribution in [0.4, 0.5) is 49.6 Å². The van der Waals surface area contributed by atoms with E-state index in [9.17, 15) is 31.1 Å². The lowest BCUT2D eigenvalue weighted by atomic mass is 10.2. The molecule has 0 saturated carbocycles. The van der Waals surface area contributed by atoms with Crippen molar-refractivity contribution >= 4 is 40.8 Å². The fourth-order valence-corrected chi connectivity index (χ4v) is 3.42. The smallest absolute Gasteiger partial charge is 0.422 e. The van der Waals surface area contributed by atoms with E-state index in [-0.39, 0.29) is 30.0 Å². The van der Waals surface area contributed by atoms with Crippen LogP contribution in [0.2, 0.25) is 5.02 Å². The standard InChI is InChI=1S/C26H19ClF6N6O2/c27-18-8-6-16(7-9-18)21(40)35-19-10-4-15(5-11-19)13-34-22-37-23(39-24(38-22)41-14-25(28,29)30)36-20-3-1-2-17(12-20)26(31,32)33/h1-12H,13-14H2,(H,35,40)(H2,34,36,37,38,39). The summed E-state index contributed by atoms with van der Waals surface area (Å²) >= 11 is 5.83. The Morgan fingerprint density at radius 1 is 0.829 bits per heavy atom. The number of ether oxygens (including phenoxy) is 1. The minimum Gasteiger partial charge on any atom is -0.454 e. The van der Waals surface area contributed by atoms with E-state index in [0.29, 0.717) is 21.8 Å². The summed E-state index contributed by atoms with van der Waals surface area (Å²) in [5, 5.41) is 8.56. The molecule has 0 saturated heterocycles. The van der Waals surface area contributed by atoms with Crippen LogP contribution >= 0.6 is 11.6 Å². The first-order valence-electron chi connectivity index (χ1n) is 11.6. The second-order valence-corrected chi connectivity index (χ2v) is 8.82. The Hall–Kier alpha value is -4.59. The van der Waals surface area contributed by atoms with Crippen LogP contribution in [-0.2, 0) is 12.7 Å². The van der Waals surface area contributed by atoms with Crippen molar-refractivity contribution in [3.63, 3.8) is 0 Å². The number of aromatic nitrogens is 3. The van der Waals surface area contributed by atoms with Crippen LogP contribution in [0.1, 0.15) is 21.5 Å². The minimum atomic E-state index is -4.68. The van der Waals surface area contributed by atoms with E-state index < -0.39 is 30.5 Å². The zero-order valence-corrected chi connectivity index (χ0v) is 21.4. The van der Waals surface area contributed by atoms with Crippen LogP contribution in [0.25, 0.3) is 0 Å². The number of hydrogen-bond acceptors (Lipinski definition) is 7. The summed E-state index contributed by atoms with van der Waals surface area (Å²) in [6.07, 6.45) is -9.29. The fraction of sp³-hybridized carbons (Fsp3) is 0.154. The van der Waals surface area contributed by atoms with E-state index in [0.717, 1.165) is 18.2 Å². The summed E-state index contributed by atoms with van der Waals surface area (Å²) in [5.74, 6) is -0.893. The van der Waals surface area contributed by atoms with Crippen LogP contribution in [0, 0.1) is 0 Å². The Morgan fingerprint density at radius 2 is 1.51 bits per heavy atom. The average molecular weight is 597 g/mol. The van der Waals surface area contributed by atoms with Crippen molar-refractivity contribution in [2.24, 2.45) is 0 Å². The summed E-state index contributed by atoms with van der Waals surface area (Å²) in [6.45, 7) is -1.60. The lowest BCUT2D eigenvalue weighted by Gasteiger charge is -2.13. The second kappa shape index (κ2) is 12.3. The van der Waals surface area contributed by atoms with Gasteiger partial charge in [-0.2, -0.15) is 41.3 Å². The molecule has 0 radical (unpaired) electrons. The Kier molecular flexibility index (Phi) is 8.81. The molecule has 0 unspecified atom stereocenters. The molecule has 0 aliphatic rings. The lowest BCUT2D eigenvalue weighted by molar-refractivity contribution is -0.154. The maximum absolute atomic E-state index is 13.1. The predicted octanol–water partition coefficient (Wildman–Crippen LogP) is 7.09. The van der Waals surface area contributed by atoms with Gasteiger partial charge in [0.1, 0.15) is 0 Å². The highest BCUT2D eigenvalue weighted by Crippen LogP contribution is 2.31. The first-order valence-corrected chi connectivity index (χ1v) is 12.0. The van der Waals surface area contributed by atoms with Crippen molar-refractivity contribution in [3.8, 4) is 6.01 Å². The Bertz CT molecular complexity index is 1500. The molecule has 0 spiro atoms. The molecule has 1 aromatic heterocycles. The summed E-state index contributed by atoms with van der Waals surface area (Å²) in [5.41, 5.74) is 0.587. The summed E-state index contributed by atoms with van der Waals surface area (Å²) in [6, 6.07) is 16.4. The van der Waals surface area contributed by atoms with Gasteiger partial charge >= 0.3 is 18.4 Å². The van der Waals surface area contributed by atoms with Gasteiger partial charge in [-0.1, -0.05) is 29.8 Å². The molecule has 0 bridgehead atoms. The van der Waals surface area contributed by atoms with Gasteiger partial charge in [0.25, 0.3) is 5.91 Å². The number of hydrogen-bond donors (Lipinski definition) is 3. The zero-order chi connectivity index (χ0) is 29.6. The molecule has 0 aliphatic heterocycles. The SMILES string of the molecule is O=C(Nc1ccc(CNc2nc(Nc3cccc(C(F)(F)F)c3)nc(OCC(F)(F)F)n2)cc1)c1ccc(Cl)cc1. The van der Waals surface area contributed by atoms with Gasteiger partial charge in [0.05, 0.1) is 5.56 Å². The van der Waals surface area contributed by atoms with Gasteiger partial charge in [0, 0.05) is 28.5 Å². The Labute approximate surface area is 233 Å². The summed E-state index contributed by atoms with van der Waals surface area (Å²) < 4.78 is 81.8. The van der Waals surface area contributed by atoms with Crippen LogP contribution in [0.15, 0.2) is 72.8 Å². The van der Waals surface area contributed by atoms with Gasteiger partial charge in [0.2, 0.25) is 11.9 Å². The number of halogens is 7. The average Bonchev–Trinajstić information content (AvgIpc) is 2.91. The van der Waals surface area contributed by atoms with Gasteiger partial charge in [-0.05, 0) is 60.2 Å². The molecule has 41 heavy (non-hydrogen) atoms. The van der Waals surface area contributed by atoms with Crippen molar-refractivity contribution in [2.75, 3.05) is 22.6 Å². The Morgan fingerprint density at radius 3 is 2.17 bits per heavy atom. The molecule has 1 heterocycles. The molecular formula is C26H19ClF6N6O2. The topological polar surface area (TPSA) is 101 Å². The maximum atomic E-state index is 13.1. The number of nitrogens with one attached hydrogen (secondary N) is 3. The van der Waals surface area contributed by atoms with Crippen LogP contribution in [0.5, 0.6) is 6.01 Å². The van der Waals surface area contributed by atoms with Crippen molar-refractivity contribution in [1.29, 1.82) is 0 Å². The number of carbonyl (C=O) groups is 1. The number of amides is 1. The van der Waals surface area contributed by atoms with Crippen LogP contribution < -0.4 is 20.7 Å². The molecular weight excluding hydrogens is 578 g/mol. The third kappa shape index (κ3) is 8.96. The van der Waals surface area contributed by atoms with E-state index >= 15 is 0 Å². The van der Waals surface area contributed by atoms with Gasteiger partial charge in [0.15, 0.2) is 6.61 Å².